The van der Waals surface area contributed by atoms with Crippen LogP contribution in [0.2, 0.25) is 0 Å². The minimum atomic E-state index is -1.26. The van der Waals surface area contributed by atoms with Crippen molar-refractivity contribution in [2.24, 2.45) is 0 Å². The first kappa shape index (κ1) is 22.2. The average Bonchev–Trinajstić information content (AvgIpc) is 3.01. The van der Waals surface area contributed by atoms with Gasteiger partial charge in [-0.3, -0.25) is 0 Å². The fraction of sp³-hybridized carbons (Fsp3) is 0.400. The van der Waals surface area contributed by atoms with E-state index in [0.717, 1.165) is 30.4 Å². The molecule has 0 fully saturated rings. The number of nitrogens with zero attached hydrogens (tertiary/aromatic N) is 1. The van der Waals surface area contributed by atoms with Gasteiger partial charge in [-0.2, -0.15) is 0 Å². The van der Waals surface area contributed by atoms with Crippen LogP contribution < -0.4 is 0 Å². The first-order valence-electron chi connectivity index (χ1n) is 8.92. The van der Waals surface area contributed by atoms with Gasteiger partial charge in [0.05, 0.1) is 0 Å². The zero-order valence-electron chi connectivity index (χ0n) is 16.0. The summed E-state index contributed by atoms with van der Waals surface area (Å²) in [5, 5.41) is 26.6. The van der Waals surface area contributed by atoms with E-state index in [2.05, 4.69) is 30.7 Å². The molecular formula is C20H28N2O5. The predicted molar refractivity (Wildman–Crippen MR) is 105 cm³/mol. The van der Waals surface area contributed by atoms with E-state index in [1.807, 2.05) is 18.3 Å². The lowest BCUT2D eigenvalue weighted by Crippen LogP contribution is -2.33. The molecule has 0 aliphatic heterocycles. The van der Waals surface area contributed by atoms with Crippen LogP contribution in [0.25, 0.3) is 10.9 Å². The number of fused-ring (bicyclic) bond motifs is 1. The molecule has 0 aliphatic rings. The fourth-order valence-corrected chi connectivity index (χ4v) is 2.75. The molecule has 27 heavy (non-hydrogen) atoms. The summed E-state index contributed by atoms with van der Waals surface area (Å²) in [7, 11) is 0. The van der Waals surface area contributed by atoms with Gasteiger partial charge >= 0.3 is 11.9 Å². The highest BCUT2D eigenvalue weighted by molar-refractivity contribution is 5.90. The predicted octanol–water partition coefficient (Wildman–Crippen LogP) is 3.25. The molecule has 0 bridgehead atoms. The van der Waals surface area contributed by atoms with Crippen LogP contribution in [0.4, 0.5) is 0 Å². The quantitative estimate of drug-likeness (QED) is 0.526. The fourth-order valence-electron chi connectivity index (χ4n) is 2.75. The second-order valence-electron chi connectivity index (χ2n) is 6.40. The molecule has 0 spiro atoms. The Hall–Kier alpha value is -2.80. The van der Waals surface area contributed by atoms with Crippen molar-refractivity contribution in [3.05, 3.63) is 42.1 Å². The molecule has 7 nitrogen and oxygen atoms in total. The molecule has 0 radical (unpaired) electrons. The molecule has 0 aliphatic carbocycles. The van der Waals surface area contributed by atoms with Crippen molar-refractivity contribution in [3.63, 3.8) is 0 Å². The Balaban J connectivity index is 0.000000387. The van der Waals surface area contributed by atoms with E-state index in [-0.39, 0.29) is 0 Å². The number of hydrogen-bond acceptors (Lipinski definition) is 4. The van der Waals surface area contributed by atoms with Gasteiger partial charge in [-0.1, -0.05) is 13.0 Å². The SMILES string of the molecule is CCCN(CCc1c[nH]c2cccc(O)c12)C(C)C.O=C(O)/C=C/C(=O)O. The first-order chi connectivity index (χ1) is 12.8. The number of aliphatic carboxylic acids is 2. The van der Waals surface area contributed by atoms with Crippen LogP contribution in [-0.2, 0) is 16.0 Å². The van der Waals surface area contributed by atoms with Gasteiger partial charge in [0.2, 0.25) is 0 Å². The zero-order valence-corrected chi connectivity index (χ0v) is 16.0. The van der Waals surface area contributed by atoms with E-state index >= 15 is 0 Å². The summed E-state index contributed by atoms with van der Waals surface area (Å²) in [6, 6.07) is 6.20. The third-order valence-electron chi connectivity index (χ3n) is 4.04. The molecule has 0 saturated carbocycles. The number of carboxylic acids is 2. The molecule has 2 aromatic rings. The standard InChI is InChI=1S/C16H24N2O.C4H4O4/c1-4-9-18(12(2)3)10-8-13-11-17-14-6-5-7-15(19)16(13)14;5-3(6)1-2-4(7)8/h5-7,11-12,17,19H,4,8-10H2,1-3H3;1-2H,(H,5,6)(H,7,8)/b;2-1+. The lowest BCUT2D eigenvalue weighted by atomic mass is 10.1. The van der Waals surface area contributed by atoms with E-state index in [9.17, 15) is 14.7 Å². The molecule has 4 N–H and O–H groups in total. The summed E-state index contributed by atoms with van der Waals surface area (Å²) in [6.45, 7) is 8.86. The molecule has 148 valence electrons. The zero-order chi connectivity index (χ0) is 20.4. The lowest BCUT2D eigenvalue weighted by molar-refractivity contribution is -0.134. The van der Waals surface area contributed by atoms with Gasteiger partial charge in [0.25, 0.3) is 0 Å². The third kappa shape index (κ3) is 7.53. The van der Waals surface area contributed by atoms with Gasteiger partial charge < -0.3 is 25.2 Å². The van der Waals surface area contributed by atoms with Gasteiger partial charge in [-0.25, -0.2) is 9.59 Å². The molecule has 0 amide bonds. The van der Waals surface area contributed by atoms with Crippen molar-refractivity contribution in [2.45, 2.75) is 39.7 Å². The number of aromatic nitrogens is 1. The smallest absolute Gasteiger partial charge is 0.328 e. The van der Waals surface area contributed by atoms with E-state index in [1.165, 1.54) is 12.0 Å². The van der Waals surface area contributed by atoms with Crippen LogP contribution in [0.15, 0.2) is 36.5 Å². The number of carboxylic acid groups (broad SMARTS) is 2. The second kappa shape index (κ2) is 11.0. The highest BCUT2D eigenvalue weighted by Gasteiger charge is 2.12. The third-order valence-corrected chi connectivity index (χ3v) is 4.04. The lowest BCUT2D eigenvalue weighted by Gasteiger charge is -2.25. The molecule has 2 rings (SSSR count). The molecule has 1 heterocycles. The monoisotopic (exact) mass is 376 g/mol. The maximum Gasteiger partial charge on any atom is 0.328 e. The van der Waals surface area contributed by atoms with E-state index < -0.39 is 11.9 Å². The number of phenols is 1. The molecule has 0 unspecified atom stereocenters. The normalized spacial score (nSPS) is 11.1. The number of benzene rings is 1. The van der Waals surface area contributed by atoms with Crippen molar-refractivity contribution in [2.75, 3.05) is 13.1 Å². The molecule has 7 heteroatoms. The number of hydrogen-bond donors (Lipinski definition) is 4. The Kier molecular flexibility index (Phi) is 9.08. The number of carbonyl (C=O) groups is 2. The summed E-state index contributed by atoms with van der Waals surface area (Å²) >= 11 is 0. The summed E-state index contributed by atoms with van der Waals surface area (Å²) in [4.78, 5) is 24.8. The van der Waals surface area contributed by atoms with Crippen molar-refractivity contribution < 1.29 is 24.9 Å². The Labute approximate surface area is 158 Å². The highest BCUT2D eigenvalue weighted by atomic mass is 16.4. The number of nitrogens with one attached hydrogen (secondary N) is 1. The van der Waals surface area contributed by atoms with Crippen LogP contribution in [-0.4, -0.2) is 56.3 Å². The first-order valence-corrected chi connectivity index (χ1v) is 8.92. The number of rotatable bonds is 8. The van der Waals surface area contributed by atoms with Gasteiger partial charge in [0, 0.05) is 41.8 Å². The molecular weight excluding hydrogens is 348 g/mol. The Bertz CT molecular complexity index is 764. The molecule has 0 atom stereocenters. The number of aromatic hydroxyl groups is 1. The van der Waals surface area contributed by atoms with Crippen molar-refractivity contribution in [1.29, 1.82) is 0 Å². The van der Waals surface area contributed by atoms with E-state index in [0.29, 0.717) is 23.9 Å². The van der Waals surface area contributed by atoms with Crippen LogP contribution in [0.1, 0.15) is 32.8 Å². The van der Waals surface area contributed by atoms with Crippen LogP contribution in [0.3, 0.4) is 0 Å². The summed E-state index contributed by atoms with van der Waals surface area (Å²) in [6.07, 6.45) is 5.28. The van der Waals surface area contributed by atoms with Crippen LogP contribution in [0, 0.1) is 0 Å². The Morgan fingerprint density at radius 3 is 2.30 bits per heavy atom. The maximum atomic E-state index is 9.99. The number of phenolic OH excluding ortho intramolecular Hbond substituents is 1. The molecule has 0 saturated heterocycles. The van der Waals surface area contributed by atoms with E-state index in [1.54, 1.807) is 6.07 Å². The highest BCUT2D eigenvalue weighted by Crippen LogP contribution is 2.27. The largest absolute Gasteiger partial charge is 0.507 e. The Morgan fingerprint density at radius 1 is 1.15 bits per heavy atom. The van der Waals surface area contributed by atoms with Crippen molar-refractivity contribution in [1.82, 2.24) is 9.88 Å². The van der Waals surface area contributed by atoms with Gasteiger partial charge in [0.15, 0.2) is 0 Å². The van der Waals surface area contributed by atoms with Crippen LogP contribution >= 0.6 is 0 Å². The van der Waals surface area contributed by atoms with Gasteiger partial charge in [-0.15, -0.1) is 0 Å². The summed E-state index contributed by atoms with van der Waals surface area (Å²) < 4.78 is 0. The maximum absolute atomic E-state index is 9.99. The van der Waals surface area contributed by atoms with Gasteiger partial charge in [-0.05, 0) is 50.9 Å². The average molecular weight is 376 g/mol. The minimum Gasteiger partial charge on any atom is -0.507 e. The molecule has 1 aromatic carbocycles. The van der Waals surface area contributed by atoms with Crippen molar-refractivity contribution in [3.8, 4) is 5.75 Å². The molecule has 1 aromatic heterocycles. The topological polar surface area (TPSA) is 114 Å². The number of aromatic amines is 1. The second-order valence-corrected chi connectivity index (χ2v) is 6.40. The summed E-state index contributed by atoms with van der Waals surface area (Å²) in [5.41, 5.74) is 2.22. The van der Waals surface area contributed by atoms with Crippen molar-refractivity contribution >= 4 is 22.8 Å². The van der Waals surface area contributed by atoms with Crippen LogP contribution in [0.5, 0.6) is 5.75 Å². The van der Waals surface area contributed by atoms with Gasteiger partial charge in [0.1, 0.15) is 5.75 Å². The summed E-state index contributed by atoms with van der Waals surface area (Å²) in [5.74, 6) is -2.14. The number of H-pyrrole nitrogens is 1. The minimum absolute atomic E-state index is 0.375. The Morgan fingerprint density at radius 2 is 1.78 bits per heavy atom. The van der Waals surface area contributed by atoms with E-state index in [4.69, 9.17) is 10.2 Å².